The van der Waals surface area contributed by atoms with E-state index in [1.54, 1.807) is 0 Å². The number of nitrogens with one attached hydrogen (secondary N) is 4. The van der Waals surface area contributed by atoms with Gasteiger partial charge in [-0.25, -0.2) is 4.98 Å². The maximum Gasteiger partial charge on any atom is 0.273 e. The van der Waals surface area contributed by atoms with Gasteiger partial charge >= 0.3 is 0 Å². The number of hydrogen-bond acceptors (Lipinski definition) is 5. The lowest BCUT2D eigenvalue weighted by molar-refractivity contribution is -0.130. The fraction of sp³-hybridized carbons (Fsp3) is 0.577. The standard InChI is InChI=1S/C26H40N6O2/c1-5-13-32(24(26(34)30-18(2)3)21-9-11-27-12-10-21)19(4)14-20-7-6-8-22(15-20)31-25(33)23-16-28-17-29-23/h6-8,15-19,21,24,27H,5,9-14H2,1-4H3,(H,28,29)(H,30,34)(H,31,33)/t19?,24-/m1/s1. The van der Waals surface area contributed by atoms with Gasteiger partial charge in [-0.05, 0) is 89.7 Å². The number of hydrogen-bond donors (Lipinski definition) is 4. The van der Waals surface area contributed by atoms with Crippen LogP contribution in [0.5, 0.6) is 0 Å². The van der Waals surface area contributed by atoms with E-state index in [9.17, 15) is 9.59 Å². The van der Waals surface area contributed by atoms with Gasteiger partial charge in [0.15, 0.2) is 0 Å². The lowest BCUT2D eigenvalue weighted by Crippen LogP contribution is -2.57. The molecule has 1 aliphatic heterocycles. The van der Waals surface area contributed by atoms with E-state index in [0.29, 0.717) is 11.6 Å². The number of nitrogens with zero attached hydrogens (tertiary/aromatic N) is 2. The summed E-state index contributed by atoms with van der Waals surface area (Å²) < 4.78 is 0. The number of H-pyrrole nitrogens is 1. The first kappa shape index (κ1) is 25.9. The first-order valence-corrected chi connectivity index (χ1v) is 12.5. The molecule has 0 saturated carbocycles. The number of amides is 2. The molecule has 2 atom stereocenters. The van der Waals surface area contributed by atoms with Crippen molar-refractivity contribution in [1.82, 2.24) is 25.5 Å². The molecule has 0 bridgehead atoms. The summed E-state index contributed by atoms with van der Waals surface area (Å²) in [6.07, 6.45) is 6.80. The fourth-order valence-electron chi connectivity index (χ4n) is 4.87. The quantitative estimate of drug-likeness (QED) is 0.406. The molecular weight excluding hydrogens is 428 g/mol. The summed E-state index contributed by atoms with van der Waals surface area (Å²) in [6, 6.07) is 8.11. The van der Waals surface area contributed by atoms with E-state index in [1.165, 1.54) is 12.5 Å². The highest BCUT2D eigenvalue weighted by Crippen LogP contribution is 2.25. The van der Waals surface area contributed by atoms with E-state index in [0.717, 1.165) is 56.6 Å². The van der Waals surface area contributed by atoms with Crippen LogP contribution in [0.3, 0.4) is 0 Å². The van der Waals surface area contributed by atoms with Crippen LogP contribution < -0.4 is 16.0 Å². The van der Waals surface area contributed by atoms with Crippen LogP contribution in [0.2, 0.25) is 0 Å². The van der Waals surface area contributed by atoms with Crippen LogP contribution in [0, 0.1) is 5.92 Å². The van der Waals surface area contributed by atoms with Crippen LogP contribution in [0.4, 0.5) is 5.69 Å². The monoisotopic (exact) mass is 468 g/mol. The molecule has 1 unspecified atom stereocenters. The molecule has 2 amide bonds. The molecule has 0 radical (unpaired) electrons. The zero-order chi connectivity index (χ0) is 24.5. The minimum absolute atomic E-state index is 0.116. The van der Waals surface area contributed by atoms with Gasteiger partial charge < -0.3 is 20.9 Å². The summed E-state index contributed by atoms with van der Waals surface area (Å²) in [5.74, 6) is 0.267. The Bertz CT molecular complexity index is 908. The van der Waals surface area contributed by atoms with Crippen molar-refractivity contribution in [2.45, 2.75) is 71.5 Å². The molecular formula is C26H40N6O2. The molecule has 8 nitrogen and oxygen atoms in total. The van der Waals surface area contributed by atoms with E-state index >= 15 is 0 Å². The molecule has 1 fully saturated rings. The normalized spacial score (nSPS) is 16.4. The Morgan fingerprint density at radius 1 is 1.21 bits per heavy atom. The summed E-state index contributed by atoms with van der Waals surface area (Å²) in [5.41, 5.74) is 2.30. The maximum absolute atomic E-state index is 13.4. The van der Waals surface area contributed by atoms with E-state index < -0.39 is 0 Å². The minimum atomic E-state index is -0.216. The number of imidazole rings is 1. The Hall–Kier alpha value is -2.71. The number of benzene rings is 1. The molecule has 34 heavy (non-hydrogen) atoms. The molecule has 1 aliphatic rings. The summed E-state index contributed by atoms with van der Waals surface area (Å²) in [6.45, 7) is 11.2. The molecule has 2 heterocycles. The van der Waals surface area contributed by atoms with Crippen molar-refractivity contribution in [2.75, 3.05) is 25.0 Å². The highest BCUT2D eigenvalue weighted by molar-refractivity contribution is 6.02. The average molecular weight is 469 g/mol. The molecule has 2 aromatic rings. The number of aromatic amines is 1. The number of carbonyl (C=O) groups is 2. The van der Waals surface area contributed by atoms with Gasteiger partial charge in [-0.2, -0.15) is 0 Å². The van der Waals surface area contributed by atoms with E-state index in [-0.39, 0.29) is 29.9 Å². The number of piperidine rings is 1. The van der Waals surface area contributed by atoms with Crippen LogP contribution in [-0.2, 0) is 11.2 Å². The van der Waals surface area contributed by atoms with Crippen LogP contribution in [-0.4, -0.2) is 64.4 Å². The third-order valence-corrected chi connectivity index (χ3v) is 6.39. The molecule has 0 spiro atoms. The van der Waals surface area contributed by atoms with Crippen molar-refractivity contribution in [3.8, 4) is 0 Å². The van der Waals surface area contributed by atoms with Crippen molar-refractivity contribution in [3.63, 3.8) is 0 Å². The number of anilines is 1. The van der Waals surface area contributed by atoms with E-state index in [4.69, 9.17) is 0 Å². The number of rotatable bonds is 11. The molecule has 0 aliphatic carbocycles. The zero-order valence-corrected chi connectivity index (χ0v) is 20.9. The largest absolute Gasteiger partial charge is 0.353 e. The van der Waals surface area contributed by atoms with E-state index in [1.807, 2.05) is 32.0 Å². The van der Waals surface area contributed by atoms with Crippen LogP contribution >= 0.6 is 0 Å². The van der Waals surface area contributed by atoms with Crippen molar-refractivity contribution < 1.29 is 9.59 Å². The summed E-state index contributed by atoms with van der Waals surface area (Å²) >= 11 is 0. The van der Waals surface area contributed by atoms with Gasteiger partial charge in [0, 0.05) is 17.8 Å². The first-order chi connectivity index (χ1) is 16.4. The van der Waals surface area contributed by atoms with Gasteiger partial charge in [-0.3, -0.25) is 14.5 Å². The Morgan fingerprint density at radius 2 is 1.97 bits per heavy atom. The number of aromatic nitrogens is 2. The highest BCUT2D eigenvalue weighted by Gasteiger charge is 2.36. The van der Waals surface area contributed by atoms with Crippen LogP contribution in [0.25, 0.3) is 0 Å². The molecule has 1 aromatic carbocycles. The third-order valence-electron chi connectivity index (χ3n) is 6.39. The highest BCUT2D eigenvalue weighted by atomic mass is 16.2. The first-order valence-electron chi connectivity index (χ1n) is 12.5. The Labute approximate surface area is 203 Å². The van der Waals surface area contributed by atoms with Crippen LogP contribution in [0.1, 0.15) is 63.0 Å². The predicted molar refractivity (Wildman–Crippen MR) is 136 cm³/mol. The number of carbonyl (C=O) groups excluding carboxylic acids is 2. The Kier molecular flexibility index (Phi) is 9.65. The average Bonchev–Trinajstić information content (AvgIpc) is 3.34. The molecule has 4 N–H and O–H groups in total. The second-order valence-corrected chi connectivity index (χ2v) is 9.61. The van der Waals surface area contributed by atoms with Crippen LogP contribution in [0.15, 0.2) is 36.8 Å². The molecule has 1 aromatic heterocycles. The third kappa shape index (κ3) is 7.14. The Morgan fingerprint density at radius 3 is 2.62 bits per heavy atom. The van der Waals surface area contributed by atoms with Gasteiger partial charge in [0.05, 0.1) is 18.6 Å². The second kappa shape index (κ2) is 12.7. The van der Waals surface area contributed by atoms with Crippen molar-refractivity contribution in [1.29, 1.82) is 0 Å². The minimum Gasteiger partial charge on any atom is -0.353 e. The van der Waals surface area contributed by atoms with Crippen molar-refractivity contribution >= 4 is 17.5 Å². The summed E-state index contributed by atoms with van der Waals surface area (Å²) in [4.78, 5) is 34.9. The lowest BCUT2D eigenvalue weighted by atomic mass is 9.87. The second-order valence-electron chi connectivity index (χ2n) is 9.61. The maximum atomic E-state index is 13.4. The zero-order valence-electron chi connectivity index (χ0n) is 20.9. The summed E-state index contributed by atoms with van der Waals surface area (Å²) in [5, 5.41) is 9.55. The van der Waals surface area contributed by atoms with E-state index in [2.05, 4.69) is 50.7 Å². The topological polar surface area (TPSA) is 102 Å². The smallest absolute Gasteiger partial charge is 0.273 e. The molecule has 3 rings (SSSR count). The molecule has 8 heteroatoms. The fourth-order valence-corrected chi connectivity index (χ4v) is 4.87. The summed E-state index contributed by atoms with van der Waals surface area (Å²) in [7, 11) is 0. The lowest BCUT2D eigenvalue weighted by Gasteiger charge is -2.41. The molecule has 1 saturated heterocycles. The van der Waals surface area contributed by atoms with Gasteiger partial charge in [-0.1, -0.05) is 19.1 Å². The van der Waals surface area contributed by atoms with Gasteiger partial charge in [-0.15, -0.1) is 0 Å². The SMILES string of the molecule is CCCN(C(C)Cc1cccc(NC(=O)c2cnc[nH]2)c1)[C@@H](C(=O)NC(C)C)C1CCNCC1. The molecule has 186 valence electrons. The Balaban J connectivity index is 1.76. The van der Waals surface area contributed by atoms with Crippen molar-refractivity contribution in [3.05, 3.63) is 48.0 Å². The predicted octanol–water partition coefficient (Wildman–Crippen LogP) is 3.20. The van der Waals surface area contributed by atoms with Gasteiger partial charge in [0.25, 0.3) is 5.91 Å². The van der Waals surface area contributed by atoms with Gasteiger partial charge in [0.2, 0.25) is 5.91 Å². The van der Waals surface area contributed by atoms with Crippen molar-refractivity contribution in [2.24, 2.45) is 5.92 Å². The van der Waals surface area contributed by atoms with Gasteiger partial charge in [0.1, 0.15) is 5.69 Å².